The van der Waals surface area contributed by atoms with Gasteiger partial charge in [0.15, 0.2) is 0 Å². The first-order valence-electron chi connectivity index (χ1n) is 8.69. The van der Waals surface area contributed by atoms with Gasteiger partial charge in [-0.1, -0.05) is 32.0 Å². The molecular formula is C19H29N3O2. The van der Waals surface area contributed by atoms with E-state index in [0.29, 0.717) is 18.9 Å². The van der Waals surface area contributed by atoms with Gasteiger partial charge in [0.05, 0.1) is 6.04 Å². The lowest BCUT2D eigenvalue weighted by Gasteiger charge is -2.32. The van der Waals surface area contributed by atoms with E-state index in [1.807, 2.05) is 49.9 Å². The van der Waals surface area contributed by atoms with Crippen molar-refractivity contribution in [3.05, 3.63) is 29.8 Å². The van der Waals surface area contributed by atoms with Crippen molar-refractivity contribution in [3.8, 4) is 0 Å². The topological polar surface area (TPSA) is 61.4 Å². The quantitative estimate of drug-likeness (QED) is 0.883. The van der Waals surface area contributed by atoms with E-state index in [9.17, 15) is 9.59 Å². The summed E-state index contributed by atoms with van der Waals surface area (Å²) < 4.78 is 0. The van der Waals surface area contributed by atoms with Gasteiger partial charge in [-0.25, -0.2) is 4.79 Å². The molecule has 1 aliphatic rings. The number of amides is 3. The number of para-hydroxylation sites is 1. The number of urea groups is 1. The van der Waals surface area contributed by atoms with E-state index in [2.05, 4.69) is 24.5 Å². The number of carbonyl (C=O) groups is 2. The number of carbonyl (C=O) groups excluding carboxylic acids is 2. The van der Waals surface area contributed by atoms with E-state index in [0.717, 1.165) is 17.7 Å². The third-order valence-electron chi connectivity index (χ3n) is 4.62. The monoisotopic (exact) mass is 331 g/mol. The molecule has 24 heavy (non-hydrogen) atoms. The van der Waals surface area contributed by atoms with Crippen molar-refractivity contribution < 1.29 is 9.59 Å². The van der Waals surface area contributed by atoms with Crippen molar-refractivity contribution in [1.82, 2.24) is 10.2 Å². The third kappa shape index (κ3) is 4.28. The minimum Gasteiger partial charge on any atom is -0.336 e. The number of nitrogens with zero attached hydrogens (tertiary/aromatic N) is 1. The van der Waals surface area contributed by atoms with E-state index in [1.54, 1.807) is 0 Å². The van der Waals surface area contributed by atoms with Crippen molar-refractivity contribution in [2.45, 2.75) is 65.0 Å². The fourth-order valence-corrected chi connectivity index (χ4v) is 3.06. The first-order valence-corrected chi connectivity index (χ1v) is 8.69. The molecule has 1 saturated heterocycles. The Balaban J connectivity index is 1.99. The van der Waals surface area contributed by atoms with E-state index < -0.39 is 0 Å². The molecule has 0 spiro atoms. The van der Waals surface area contributed by atoms with Crippen molar-refractivity contribution in [2.75, 3.05) is 11.9 Å². The summed E-state index contributed by atoms with van der Waals surface area (Å²) in [5, 5.41) is 5.87. The number of benzene rings is 1. The minimum absolute atomic E-state index is 0.0906. The molecule has 0 saturated carbocycles. The van der Waals surface area contributed by atoms with Gasteiger partial charge >= 0.3 is 6.03 Å². The lowest BCUT2D eigenvalue weighted by Crippen LogP contribution is -2.45. The first kappa shape index (κ1) is 18.3. The molecule has 3 amide bonds. The fourth-order valence-electron chi connectivity index (χ4n) is 3.06. The highest BCUT2D eigenvalue weighted by atomic mass is 16.2. The van der Waals surface area contributed by atoms with Gasteiger partial charge in [-0.15, -0.1) is 0 Å². The summed E-state index contributed by atoms with van der Waals surface area (Å²) in [6, 6.07) is 7.47. The van der Waals surface area contributed by atoms with Crippen LogP contribution >= 0.6 is 0 Å². The highest BCUT2D eigenvalue weighted by molar-refractivity contribution is 5.91. The molecule has 0 radical (unpaired) electrons. The molecule has 5 nitrogen and oxygen atoms in total. The number of nitrogens with one attached hydrogen (secondary N) is 2. The number of rotatable bonds is 4. The van der Waals surface area contributed by atoms with Gasteiger partial charge < -0.3 is 15.5 Å². The largest absolute Gasteiger partial charge is 0.336 e. The standard InChI is InChI=1S/C19H29N3O2/c1-6-13(2)15-9-7-8-10-16(15)21-18(24)20-14-11-17(23)22(12-14)19(3,4)5/h7-10,13-14H,6,11-12H2,1-5H3,(H2,20,21,24). The Bertz CT molecular complexity index is 607. The normalized spacial score (nSPS) is 19.3. The second-order valence-corrected chi connectivity index (χ2v) is 7.57. The van der Waals surface area contributed by atoms with Crippen LogP contribution in [0.3, 0.4) is 0 Å². The van der Waals surface area contributed by atoms with Crippen LogP contribution in [0.5, 0.6) is 0 Å². The second kappa shape index (κ2) is 7.24. The summed E-state index contributed by atoms with van der Waals surface area (Å²) in [6.07, 6.45) is 1.37. The van der Waals surface area contributed by atoms with Crippen molar-refractivity contribution >= 4 is 17.6 Å². The Morgan fingerprint density at radius 2 is 2.00 bits per heavy atom. The zero-order valence-electron chi connectivity index (χ0n) is 15.3. The average molecular weight is 331 g/mol. The van der Waals surface area contributed by atoms with Crippen LogP contribution in [0, 0.1) is 0 Å². The van der Waals surface area contributed by atoms with Crippen LogP contribution in [0.15, 0.2) is 24.3 Å². The van der Waals surface area contributed by atoms with Gasteiger partial charge in [-0.05, 0) is 44.7 Å². The van der Waals surface area contributed by atoms with Crippen LogP contribution in [-0.4, -0.2) is 35.0 Å². The molecule has 5 heteroatoms. The van der Waals surface area contributed by atoms with Crippen LogP contribution in [0.1, 0.15) is 58.9 Å². The van der Waals surface area contributed by atoms with E-state index in [1.165, 1.54) is 0 Å². The van der Waals surface area contributed by atoms with Crippen LogP contribution in [0.4, 0.5) is 10.5 Å². The highest BCUT2D eigenvalue weighted by Crippen LogP contribution is 2.26. The Morgan fingerprint density at radius 3 is 2.58 bits per heavy atom. The number of likely N-dealkylation sites (tertiary alicyclic amines) is 1. The number of hydrogen-bond donors (Lipinski definition) is 2. The van der Waals surface area contributed by atoms with E-state index in [4.69, 9.17) is 0 Å². The Hall–Kier alpha value is -2.04. The van der Waals surface area contributed by atoms with E-state index in [-0.39, 0.29) is 23.5 Å². The summed E-state index contributed by atoms with van der Waals surface area (Å²) in [5.41, 5.74) is 1.75. The lowest BCUT2D eigenvalue weighted by molar-refractivity contribution is -0.131. The summed E-state index contributed by atoms with van der Waals surface area (Å²) in [6.45, 7) is 10.9. The van der Waals surface area contributed by atoms with Gasteiger partial charge in [0, 0.05) is 24.2 Å². The maximum atomic E-state index is 12.3. The minimum atomic E-state index is -0.251. The van der Waals surface area contributed by atoms with Crippen LogP contribution in [-0.2, 0) is 4.79 Å². The summed E-state index contributed by atoms with van der Waals surface area (Å²) in [7, 11) is 0. The maximum Gasteiger partial charge on any atom is 0.319 e. The van der Waals surface area contributed by atoms with Crippen LogP contribution in [0.25, 0.3) is 0 Å². The van der Waals surface area contributed by atoms with Gasteiger partial charge in [-0.3, -0.25) is 4.79 Å². The van der Waals surface area contributed by atoms with Gasteiger partial charge in [0.1, 0.15) is 0 Å². The Morgan fingerprint density at radius 1 is 1.33 bits per heavy atom. The predicted molar refractivity (Wildman–Crippen MR) is 97.2 cm³/mol. The molecule has 1 heterocycles. The molecule has 2 rings (SSSR count). The van der Waals surface area contributed by atoms with Gasteiger partial charge in [0.25, 0.3) is 0 Å². The van der Waals surface area contributed by atoms with E-state index >= 15 is 0 Å². The number of hydrogen-bond acceptors (Lipinski definition) is 2. The average Bonchev–Trinajstić information content (AvgIpc) is 2.87. The smallest absolute Gasteiger partial charge is 0.319 e. The van der Waals surface area contributed by atoms with Gasteiger partial charge in [0.2, 0.25) is 5.91 Å². The van der Waals surface area contributed by atoms with Crippen molar-refractivity contribution in [3.63, 3.8) is 0 Å². The van der Waals surface area contributed by atoms with Crippen molar-refractivity contribution in [2.24, 2.45) is 0 Å². The molecule has 1 aromatic carbocycles. The molecule has 2 N–H and O–H groups in total. The maximum absolute atomic E-state index is 12.3. The molecule has 0 aliphatic carbocycles. The fraction of sp³-hybridized carbons (Fsp3) is 0.579. The Labute approximate surface area is 144 Å². The van der Waals surface area contributed by atoms with Crippen LogP contribution in [0.2, 0.25) is 0 Å². The molecule has 1 aromatic rings. The predicted octanol–water partition coefficient (Wildman–Crippen LogP) is 3.72. The molecule has 1 fully saturated rings. The first-order chi connectivity index (χ1) is 11.2. The summed E-state index contributed by atoms with van der Waals surface area (Å²) in [4.78, 5) is 26.3. The number of anilines is 1. The zero-order valence-corrected chi connectivity index (χ0v) is 15.3. The lowest BCUT2D eigenvalue weighted by atomic mass is 9.97. The third-order valence-corrected chi connectivity index (χ3v) is 4.62. The van der Waals surface area contributed by atoms with Crippen molar-refractivity contribution in [1.29, 1.82) is 0 Å². The molecular weight excluding hydrogens is 302 g/mol. The summed E-state index contributed by atoms with van der Waals surface area (Å²) >= 11 is 0. The molecule has 0 aromatic heterocycles. The molecule has 2 atom stereocenters. The summed E-state index contributed by atoms with van der Waals surface area (Å²) in [5.74, 6) is 0.471. The molecule has 0 bridgehead atoms. The van der Waals surface area contributed by atoms with Crippen LogP contribution < -0.4 is 10.6 Å². The second-order valence-electron chi connectivity index (χ2n) is 7.57. The molecule has 132 valence electrons. The Kier molecular flexibility index (Phi) is 5.52. The zero-order chi connectivity index (χ0) is 17.9. The highest BCUT2D eigenvalue weighted by Gasteiger charge is 2.36. The molecule has 2 unspecified atom stereocenters. The molecule has 1 aliphatic heterocycles. The van der Waals surface area contributed by atoms with Gasteiger partial charge in [-0.2, -0.15) is 0 Å². The SMILES string of the molecule is CCC(C)c1ccccc1NC(=O)NC1CC(=O)N(C(C)(C)C)C1.